The summed E-state index contributed by atoms with van der Waals surface area (Å²) in [5.74, 6) is -0.355. The van der Waals surface area contributed by atoms with Crippen molar-refractivity contribution in [2.24, 2.45) is 0 Å². The van der Waals surface area contributed by atoms with E-state index in [0.29, 0.717) is 10.6 Å². The summed E-state index contributed by atoms with van der Waals surface area (Å²) in [6.07, 6.45) is -0.647. The molecule has 0 heterocycles. The van der Waals surface area contributed by atoms with Gasteiger partial charge in [-0.15, -0.1) is 0 Å². The Balaban J connectivity index is 2.96. The van der Waals surface area contributed by atoms with Gasteiger partial charge in [0.1, 0.15) is 0 Å². The van der Waals surface area contributed by atoms with Gasteiger partial charge in [-0.3, -0.25) is 10.1 Å². The molecule has 0 saturated carbocycles. The van der Waals surface area contributed by atoms with Gasteiger partial charge in [-0.1, -0.05) is 58.5 Å². The summed E-state index contributed by atoms with van der Waals surface area (Å²) in [6, 6.07) is 6.76. The van der Waals surface area contributed by atoms with Crippen molar-refractivity contribution in [3.63, 3.8) is 0 Å². The third-order valence-corrected chi connectivity index (χ3v) is 4.02. The van der Waals surface area contributed by atoms with Crippen LogP contribution in [-0.2, 0) is 0 Å². The number of alkyl halides is 3. The first-order chi connectivity index (χ1) is 9.31. The number of rotatable bonds is 5. The van der Waals surface area contributed by atoms with Gasteiger partial charge in [0.15, 0.2) is 0 Å². The summed E-state index contributed by atoms with van der Waals surface area (Å²) >= 11 is 24.0. The molecule has 1 amide bonds. The van der Waals surface area contributed by atoms with Gasteiger partial charge in [0.05, 0.1) is 23.7 Å². The van der Waals surface area contributed by atoms with Crippen LogP contribution in [0.25, 0.3) is 0 Å². The number of halogens is 4. The zero-order valence-electron chi connectivity index (χ0n) is 11.2. The number of amides is 1. The minimum absolute atomic E-state index is 0.355. The van der Waals surface area contributed by atoms with E-state index < -0.39 is 9.96 Å². The van der Waals surface area contributed by atoms with Crippen molar-refractivity contribution in [2.45, 2.75) is 23.8 Å². The summed E-state index contributed by atoms with van der Waals surface area (Å²) in [5.41, 5.74) is 0.361. The van der Waals surface area contributed by atoms with E-state index in [1.165, 1.54) is 0 Å². The lowest BCUT2D eigenvalue weighted by molar-refractivity contribution is -0.923. The predicted molar refractivity (Wildman–Crippen MR) is 85.0 cm³/mol. The zero-order chi connectivity index (χ0) is 15.3. The molecule has 0 aliphatic rings. The minimum atomic E-state index is -1.60. The molecule has 3 nitrogen and oxygen atoms in total. The Labute approximate surface area is 139 Å². The van der Waals surface area contributed by atoms with Crippen molar-refractivity contribution in [3.05, 3.63) is 34.9 Å². The molecule has 0 aromatic heterocycles. The molecule has 0 bridgehead atoms. The van der Waals surface area contributed by atoms with E-state index in [1.807, 2.05) is 13.8 Å². The molecule has 0 aliphatic carbocycles. The van der Waals surface area contributed by atoms with E-state index in [0.717, 1.165) is 18.0 Å². The molecule has 1 rings (SSSR count). The molecule has 2 N–H and O–H groups in total. The first-order valence-corrected chi connectivity index (χ1v) is 7.79. The molecular weight excluding hydrogens is 342 g/mol. The van der Waals surface area contributed by atoms with E-state index in [-0.39, 0.29) is 5.91 Å². The van der Waals surface area contributed by atoms with Gasteiger partial charge >= 0.3 is 0 Å². The number of carbonyl (C=O) groups is 1. The van der Waals surface area contributed by atoms with Crippen LogP contribution in [0.15, 0.2) is 24.3 Å². The highest BCUT2D eigenvalue weighted by Gasteiger charge is 2.41. The number of benzene rings is 1. The van der Waals surface area contributed by atoms with Crippen LogP contribution in [0, 0.1) is 0 Å². The third kappa shape index (κ3) is 4.68. The maximum atomic E-state index is 12.3. The van der Waals surface area contributed by atoms with E-state index in [9.17, 15) is 4.79 Å². The Kier molecular flexibility index (Phi) is 6.89. The summed E-state index contributed by atoms with van der Waals surface area (Å²) in [6.45, 7) is 5.36. The number of hydrogen-bond donors (Lipinski definition) is 2. The van der Waals surface area contributed by atoms with Crippen LogP contribution in [0.4, 0.5) is 0 Å². The standard InChI is InChI=1S/C13H16Cl4N2O/c1-3-19(4-2)12(13(15,16)17)18-11(20)9-7-5-6-8-10(9)14/h5-8,12H,3-4H2,1-2H3,(H,18,20)/p+1/t12-/m1/s1. The Morgan fingerprint density at radius 3 is 2.25 bits per heavy atom. The van der Waals surface area contributed by atoms with Crippen LogP contribution < -0.4 is 10.2 Å². The number of quaternary nitrogens is 1. The quantitative estimate of drug-likeness (QED) is 0.615. The summed E-state index contributed by atoms with van der Waals surface area (Å²) in [7, 11) is 0. The highest BCUT2D eigenvalue weighted by atomic mass is 35.6. The Morgan fingerprint density at radius 1 is 1.25 bits per heavy atom. The fourth-order valence-corrected chi connectivity index (χ4v) is 2.78. The van der Waals surface area contributed by atoms with Crippen molar-refractivity contribution >= 4 is 52.3 Å². The number of nitrogens with one attached hydrogen (secondary N) is 2. The van der Waals surface area contributed by atoms with Crippen LogP contribution in [0.3, 0.4) is 0 Å². The van der Waals surface area contributed by atoms with Crippen molar-refractivity contribution in [3.8, 4) is 0 Å². The monoisotopic (exact) mass is 357 g/mol. The van der Waals surface area contributed by atoms with Gasteiger partial charge in [0.25, 0.3) is 9.70 Å². The van der Waals surface area contributed by atoms with Gasteiger partial charge in [0.2, 0.25) is 6.17 Å². The molecule has 0 aliphatic heterocycles. The van der Waals surface area contributed by atoms with E-state index in [2.05, 4.69) is 5.32 Å². The second-order valence-corrected chi connectivity index (χ2v) is 7.07. The topological polar surface area (TPSA) is 33.5 Å². The molecule has 112 valence electrons. The third-order valence-electron chi connectivity index (χ3n) is 3.04. The second-order valence-electron chi connectivity index (χ2n) is 4.29. The molecule has 0 fully saturated rings. The van der Waals surface area contributed by atoms with E-state index >= 15 is 0 Å². The van der Waals surface area contributed by atoms with Gasteiger partial charge in [0, 0.05) is 0 Å². The van der Waals surface area contributed by atoms with Crippen LogP contribution in [0.5, 0.6) is 0 Å². The molecule has 7 heteroatoms. The highest BCUT2D eigenvalue weighted by molar-refractivity contribution is 6.68. The molecule has 0 saturated heterocycles. The Bertz CT molecular complexity index is 458. The predicted octanol–water partition coefficient (Wildman–Crippen LogP) is 2.69. The fourth-order valence-electron chi connectivity index (χ4n) is 1.93. The summed E-state index contributed by atoms with van der Waals surface area (Å²) in [5, 5.41) is 3.12. The highest BCUT2D eigenvalue weighted by Crippen LogP contribution is 2.28. The second kappa shape index (κ2) is 7.71. The average molecular weight is 359 g/mol. The minimum Gasteiger partial charge on any atom is -0.312 e. The molecule has 20 heavy (non-hydrogen) atoms. The van der Waals surface area contributed by atoms with Crippen molar-refractivity contribution in [1.29, 1.82) is 0 Å². The van der Waals surface area contributed by atoms with Crippen LogP contribution >= 0.6 is 46.4 Å². The maximum absolute atomic E-state index is 12.3. The van der Waals surface area contributed by atoms with Crippen LogP contribution in [0.1, 0.15) is 24.2 Å². The fraction of sp³-hybridized carbons (Fsp3) is 0.462. The maximum Gasteiger partial charge on any atom is 0.262 e. The van der Waals surface area contributed by atoms with Crippen molar-refractivity contribution in [1.82, 2.24) is 5.32 Å². The first-order valence-electron chi connectivity index (χ1n) is 6.27. The van der Waals surface area contributed by atoms with Gasteiger partial charge in [-0.25, -0.2) is 0 Å². The Morgan fingerprint density at radius 2 is 1.80 bits per heavy atom. The summed E-state index contributed by atoms with van der Waals surface area (Å²) in [4.78, 5) is 13.2. The first kappa shape index (κ1) is 17.9. The van der Waals surface area contributed by atoms with Gasteiger partial charge in [-0.05, 0) is 26.0 Å². The molecule has 0 spiro atoms. The lowest BCUT2D eigenvalue weighted by atomic mass is 10.2. The molecule has 1 aromatic carbocycles. The molecule has 0 radical (unpaired) electrons. The molecular formula is C13H17Cl4N2O+. The molecule has 1 aromatic rings. The Hall–Kier alpha value is -0.190. The lowest BCUT2D eigenvalue weighted by Crippen LogP contribution is -3.18. The normalized spacial score (nSPS) is 13.3. The zero-order valence-corrected chi connectivity index (χ0v) is 14.2. The lowest BCUT2D eigenvalue weighted by Gasteiger charge is -2.31. The van der Waals surface area contributed by atoms with Gasteiger partial charge in [-0.2, -0.15) is 0 Å². The van der Waals surface area contributed by atoms with Gasteiger partial charge < -0.3 is 4.90 Å². The SMILES string of the molecule is CC[NH+](CC)[C@@H](NC(=O)c1ccccc1Cl)C(Cl)(Cl)Cl. The number of carbonyl (C=O) groups excluding carboxylic acids is 1. The molecule has 1 atom stereocenters. The largest absolute Gasteiger partial charge is 0.312 e. The molecule has 0 unspecified atom stereocenters. The average Bonchev–Trinajstić information content (AvgIpc) is 2.38. The number of hydrogen-bond acceptors (Lipinski definition) is 1. The van der Waals surface area contributed by atoms with E-state index in [4.69, 9.17) is 46.4 Å². The summed E-state index contributed by atoms with van der Waals surface area (Å²) < 4.78 is -1.60. The van der Waals surface area contributed by atoms with Crippen LogP contribution in [0.2, 0.25) is 5.02 Å². The van der Waals surface area contributed by atoms with Crippen molar-refractivity contribution in [2.75, 3.05) is 13.1 Å². The van der Waals surface area contributed by atoms with Crippen molar-refractivity contribution < 1.29 is 9.69 Å². The van der Waals surface area contributed by atoms with E-state index in [1.54, 1.807) is 24.3 Å². The smallest absolute Gasteiger partial charge is 0.262 e. The van der Waals surface area contributed by atoms with Crippen LogP contribution in [-0.4, -0.2) is 29.0 Å².